The van der Waals surface area contributed by atoms with Crippen LogP contribution in [0.2, 0.25) is 0 Å². The first-order chi connectivity index (χ1) is 6.92. The first-order valence-corrected chi connectivity index (χ1v) is 5.48. The highest BCUT2D eigenvalue weighted by Crippen LogP contribution is 2.63. The molecule has 0 spiro atoms. The molecule has 3 heteroatoms. The van der Waals surface area contributed by atoms with Crippen molar-refractivity contribution in [2.45, 2.75) is 31.7 Å². The van der Waals surface area contributed by atoms with E-state index in [1.165, 1.54) is 19.3 Å². The third kappa shape index (κ3) is 1.12. The van der Waals surface area contributed by atoms with Crippen molar-refractivity contribution in [2.24, 2.45) is 11.8 Å². The lowest BCUT2D eigenvalue weighted by Crippen LogP contribution is -2.07. The molecular formula is C11H16N2O. The summed E-state index contributed by atoms with van der Waals surface area (Å²) < 4.78 is 5.53. The fourth-order valence-corrected chi connectivity index (χ4v) is 3.06. The zero-order valence-corrected chi connectivity index (χ0v) is 8.49. The highest BCUT2D eigenvalue weighted by Gasteiger charge is 2.55. The molecule has 2 aliphatic carbocycles. The molecule has 0 radical (unpaired) electrons. The van der Waals surface area contributed by atoms with Gasteiger partial charge in [0.25, 0.3) is 0 Å². The van der Waals surface area contributed by atoms with E-state index in [9.17, 15) is 0 Å². The second-order valence-electron chi connectivity index (χ2n) is 4.48. The molecule has 0 aliphatic heterocycles. The molecule has 1 N–H and O–H groups in total. The van der Waals surface area contributed by atoms with E-state index in [-0.39, 0.29) is 0 Å². The van der Waals surface area contributed by atoms with Crippen LogP contribution in [0.5, 0.6) is 0 Å². The average molecular weight is 192 g/mol. The van der Waals surface area contributed by atoms with Crippen LogP contribution < -0.4 is 5.32 Å². The molecule has 3 nitrogen and oxygen atoms in total. The summed E-state index contributed by atoms with van der Waals surface area (Å²) >= 11 is 0. The van der Waals surface area contributed by atoms with E-state index in [1.807, 2.05) is 7.05 Å². The Labute approximate surface area is 83.9 Å². The minimum Gasteiger partial charge on any atom is -0.448 e. The summed E-state index contributed by atoms with van der Waals surface area (Å²) in [6, 6.07) is 0. The van der Waals surface area contributed by atoms with Gasteiger partial charge in [-0.05, 0) is 31.7 Å². The first kappa shape index (κ1) is 8.48. The number of hydrogen-bond acceptors (Lipinski definition) is 3. The van der Waals surface area contributed by atoms with Crippen molar-refractivity contribution in [3.05, 3.63) is 17.8 Å². The lowest BCUT2D eigenvalue weighted by atomic mass is 10.1. The third-order valence-corrected chi connectivity index (χ3v) is 3.73. The Kier molecular flexibility index (Phi) is 1.87. The quantitative estimate of drug-likeness (QED) is 0.795. The monoisotopic (exact) mass is 192 g/mol. The van der Waals surface area contributed by atoms with Crippen molar-refractivity contribution in [3.8, 4) is 0 Å². The van der Waals surface area contributed by atoms with Gasteiger partial charge in [0.1, 0.15) is 5.76 Å². The van der Waals surface area contributed by atoms with Gasteiger partial charge in [-0.2, -0.15) is 0 Å². The number of nitrogens with one attached hydrogen (secondary N) is 1. The average Bonchev–Trinajstić information content (AvgIpc) is 2.63. The Morgan fingerprint density at radius 3 is 3.00 bits per heavy atom. The van der Waals surface area contributed by atoms with Gasteiger partial charge in [0.05, 0.1) is 5.69 Å². The van der Waals surface area contributed by atoms with Crippen LogP contribution in [0.1, 0.15) is 36.6 Å². The van der Waals surface area contributed by atoms with Crippen molar-refractivity contribution in [1.82, 2.24) is 10.3 Å². The molecule has 0 saturated heterocycles. The van der Waals surface area contributed by atoms with Gasteiger partial charge in [-0.15, -0.1) is 0 Å². The van der Waals surface area contributed by atoms with Gasteiger partial charge < -0.3 is 9.73 Å². The third-order valence-electron chi connectivity index (χ3n) is 3.73. The zero-order valence-electron chi connectivity index (χ0n) is 8.49. The van der Waals surface area contributed by atoms with E-state index in [2.05, 4.69) is 10.3 Å². The number of fused-ring (bicyclic) bond motifs is 1. The summed E-state index contributed by atoms with van der Waals surface area (Å²) in [6.07, 6.45) is 5.81. The van der Waals surface area contributed by atoms with Crippen LogP contribution in [0.3, 0.4) is 0 Å². The largest absolute Gasteiger partial charge is 0.448 e. The van der Waals surface area contributed by atoms with E-state index in [0.717, 1.165) is 29.8 Å². The fraction of sp³-hybridized carbons (Fsp3) is 0.727. The van der Waals surface area contributed by atoms with Gasteiger partial charge in [-0.1, -0.05) is 6.42 Å². The van der Waals surface area contributed by atoms with E-state index in [0.29, 0.717) is 5.92 Å². The van der Waals surface area contributed by atoms with Crippen molar-refractivity contribution in [1.29, 1.82) is 0 Å². The van der Waals surface area contributed by atoms with Crippen LogP contribution in [-0.2, 0) is 6.54 Å². The molecule has 0 amide bonds. The van der Waals surface area contributed by atoms with Crippen LogP contribution in [0.4, 0.5) is 0 Å². The molecule has 0 bridgehead atoms. The number of hydrogen-bond donors (Lipinski definition) is 1. The topological polar surface area (TPSA) is 38.1 Å². The molecule has 14 heavy (non-hydrogen) atoms. The van der Waals surface area contributed by atoms with Crippen LogP contribution in [0.25, 0.3) is 0 Å². The van der Waals surface area contributed by atoms with Crippen LogP contribution in [0, 0.1) is 11.8 Å². The summed E-state index contributed by atoms with van der Waals surface area (Å²) in [5.41, 5.74) is 1.12. The molecule has 2 saturated carbocycles. The molecule has 3 rings (SSSR count). The highest BCUT2D eigenvalue weighted by atomic mass is 16.3. The standard InChI is InChI=1S/C11H16N2O/c1-12-5-9-11(14-6-13-9)10-7-3-2-4-8(7)10/h6-8,10,12H,2-5H2,1H3. The van der Waals surface area contributed by atoms with E-state index < -0.39 is 0 Å². The first-order valence-electron chi connectivity index (χ1n) is 5.48. The predicted octanol–water partition coefficient (Wildman–Crippen LogP) is 1.91. The summed E-state index contributed by atoms with van der Waals surface area (Å²) in [4.78, 5) is 4.27. The molecule has 76 valence electrons. The maximum absolute atomic E-state index is 5.53. The highest BCUT2D eigenvalue weighted by molar-refractivity contribution is 5.25. The Morgan fingerprint density at radius 2 is 2.29 bits per heavy atom. The SMILES string of the molecule is CNCc1ncoc1C1C2CCCC21. The molecule has 2 fully saturated rings. The van der Waals surface area contributed by atoms with Crippen molar-refractivity contribution >= 4 is 0 Å². The van der Waals surface area contributed by atoms with Crippen LogP contribution in [0.15, 0.2) is 10.8 Å². The number of aromatic nitrogens is 1. The smallest absolute Gasteiger partial charge is 0.181 e. The van der Waals surface area contributed by atoms with Gasteiger partial charge in [-0.25, -0.2) is 4.98 Å². The van der Waals surface area contributed by atoms with Crippen LogP contribution in [-0.4, -0.2) is 12.0 Å². The van der Waals surface area contributed by atoms with Gasteiger partial charge in [0, 0.05) is 12.5 Å². The molecule has 1 heterocycles. The maximum atomic E-state index is 5.53. The second kappa shape index (κ2) is 3.09. The second-order valence-corrected chi connectivity index (χ2v) is 4.48. The molecule has 2 aliphatic rings. The molecule has 2 atom stereocenters. The fourth-order valence-electron chi connectivity index (χ4n) is 3.06. The summed E-state index contributed by atoms with van der Waals surface area (Å²) in [5.74, 6) is 3.70. The normalized spacial score (nSPS) is 34.5. The minimum atomic E-state index is 0.703. The zero-order chi connectivity index (χ0) is 9.54. The lowest BCUT2D eigenvalue weighted by molar-refractivity contribution is 0.476. The Morgan fingerprint density at radius 1 is 1.50 bits per heavy atom. The predicted molar refractivity (Wildman–Crippen MR) is 52.8 cm³/mol. The molecule has 1 aromatic rings. The summed E-state index contributed by atoms with van der Waals surface area (Å²) in [7, 11) is 1.95. The van der Waals surface area contributed by atoms with Gasteiger partial charge in [0.2, 0.25) is 0 Å². The number of nitrogens with zero attached hydrogens (tertiary/aromatic N) is 1. The lowest BCUT2D eigenvalue weighted by Gasteiger charge is -2.01. The minimum absolute atomic E-state index is 0.703. The molecule has 1 aromatic heterocycles. The van der Waals surface area contributed by atoms with E-state index in [1.54, 1.807) is 6.39 Å². The van der Waals surface area contributed by atoms with E-state index in [4.69, 9.17) is 4.42 Å². The Balaban J connectivity index is 1.80. The number of oxazole rings is 1. The Hall–Kier alpha value is -0.830. The van der Waals surface area contributed by atoms with Gasteiger partial charge in [-0.3, -0.25) is 0 Å². The van der Waals surface area contributed by atoms with Crippen molar-refractivity contribution in [3.63, 3.8) is 0 Å². The molecule has 2 unspecified atom stereocenters. The van der Waals surface area contributed by atoms with E-state index >= 15 is 0 Å². The van der Waals surface area contributed by atoms with Crippen LogP contribution >= 0.6 is 0 Å². The maximum Gasteiger partial charge on any atom is 0.181 e. The number of rotatable bonds is 3. The van der Waals surface area contributed by atoms with Crippen molar-refractivity contribution in [2.75, 3.05) is 7.05 Å². The summed E-state index contributed by atoms with van der Waals surface area (Å²) in [5, 5.41) is 3.14. The van der Waals surface area contributed by atoms with Gasteiger partial charge in [0.15, 0.2) is 6.39 Å². The molecular weight excluding hydrogens is 176 g/mol. The summed E-state index contributed by atoms with van der Waals surface area (Å²) in [6.45, 7) is 0.835. The molecule has 0 aromatic carbocycles. The Bertz CT molecular complexity index is 324. The van der Waals surface area contributed by atoms with Crippen molar-refractivity contribution < 1.29 is 4.42 Å². The van der Waals surface area contributed by atoms with Gasteiger partial charge >= 0.3 is 0 Å².